The normalized spacial score (nSPS) is 19.6. The van der Waals surface area contributed by atoms with Crippen LogP contribution in [-0.4, -0.2) is 65.3 Å². The zero-order valence-electron chi connectivity index (χ0n) is 18.0. The number of anilines is 2. The van der Waals surface area contributed by atoms with Gasteiger partial charge in [0, 0.05) is 32.6 Å². The number of aliphatic hydroxyl groups is 1. The van der Waals surface area contributed by atoms with E-state index in [1.165, 1.54) is 7.05 Å². The number of hydrogen-bond donors (Lipinski definition) is 2. The van der Waals surface area contributed by atoms with Gasteiger partial charge in [-0.1, -0.05) is 11.2 Å². The molecule has 0 aliphatic carbocycles. The second-order valence-electron chi connectivity index (χ2n) is 7.85. The van der Waals surface area contributed by atoms with Crippen LogP contribution in [0.25, 0.3) is 22.8 Å². The van der Waals surface area contributed by atoms with E-state index in [1.54, 1.807) is 54.6 Å². The van der Waals surface area contributed by atoms with Crippen LogP contribution in [0.3, 0.4) is 0 Å². The molecule has 1 aliphatic heterocycles. The summed E-state index contributed by atoms with van der Waals surface area (Å²) in [5.74, 6) is -5.24. The van der Waals surface area contributed by atoms with Gasteiger partial charge in [0.2, 0.25) is 5.95 Å². The number of likely N-dealkylation sites (tertiary alicyclic amines) is 1. The quantitative estimate of drug-likeness (QED) is 0.451. The maximum atomic E-state index is 14.4. The number of alkyl halides is 2. The largest absolute Gasteiger partial charge is 0.368 e. The molecule has 13 heteroatoms. The van der Waals surface area contributed by atoms with E-state index in [9.17, 15) is 18.7 Å². The highest BCUT2D eigenvalue weighted by atomic mass is 19.3. The van der Waals surface area contributed by atoms with Crippen molar-refractivity contribution < 1.29 is 23.2 Å². The molecule has 4 aromatic heterocycles. The van der Waals surface area contributed by atoms with E-state index in [2.05, 4.69) is 30.5 Å². The average molecular weight is 468 g/mol. The topological polar surface area (TPSA) is 135 Å². The van der Waals surface area contributed by atoms with Crippen molar-refractivity contribution in [2.75, 3.05) is 18.9 Å². The van der Waals surface area contributed by atoms with E-state index in [0.29, 0.717) is 23.0 Å². The van der Waals surface area contributed by atoms with Crippen molar-refractivity contribution in [3.63, 3.8) is 0 Å². The Morgan fingerprint density at radius 3 is 2.53 bits per heavy atom. The van der Waals surface area contributed by atoms with Crippen LogP contribution in [0.2, 0.25) is 0 Å². The van der Waals surface area contributed by atoms with Crippen LogP contribution in [0.1, 0.15) is 5.76 Å². The summed E-state index contributed by atoms with van der Waals surface area (Å²) in [6.07, 6.45) is 4.95. The molecule has 5 rings (SSSR count). The lowest BCUT2D eigenvalue weighted by Crippen LogP contribution is -2.46. The summed E-state index contributed by atoms with van der Waals surface area (Å²) in [6.45, 7) is -0.935. The highest BCUT2D eigenvalue weighted by Gasteiger charge is 2.68. The Labute approximate surface area is 191 Å². The Bertz CT molecular complexity index is 1390. The Hall–Kier alpha value is -4.26. The molecule has 11 nitrogen and oxygen atoms in total. The smallest absolute Gasteiger partial charge is 0.309 e. The molecule has 0 aromatic carbocycles. The van der Waals surface area contributed by atoms with Crippen LogP contribution in [0.15, 0.2) is 53.4 Å². The molecule has 4 aromatic rings. The number of pyridine rings is 1. The molecule has 0 spiro atoms. The monoisotopic (exact) mass is 468 g/mol. The minimum Gasteiger partial charge on any atom is -0.368 e. The lowest BCUT2D eigenvalue weighted by molar-refractivity contribution is -0.179. The third-order valence-electron chi connectivity index (χ3n) is 5.38. The summed E-state index contributed by atoms with van der Waals surface area (Å²) in [7, 11) is 2.96. The molecule has 1 amide bonds. The number of carbonyl (C=O) groups is 1. The summed E-state index contributed by atoms with van der Waals surface area (Å²) in [5, 5.41) is 21.4. The van der Waals surface area contributed by atoms with Crippen molar-refractivity contribution in [1.82, 2.24) is 34.8 Å². The van der Waals surface area contributed by atoms with Gasteiger partial charge in [-0.2, -0.15) is 5.10 Å². The molecule has 2 N–H and O–H groups in total. The number of aromatic nitrogens is 6. The molecular weight excluding hydrogens is 450 g/mol. The zero-order chi connectivity index (χ0) is 24.1. The number of halogens is 2. The maximum Gasteiger partial charge on any atom is 0.309 e. The molecule has 34 heavy (non-hydrogen) atoms. The number of nitrogens with one attached hydrogen (secondary N) is 1. The number of hydrogen-bond acceptors (Lipinski definition) is 9. The third kappa shape index (κ3) is 3.46. The Kier molecular flexibility index (Phi) is 4.86. The van der Waals surface area contributed by atoms with Crippen LogP contribution in [0, 0.1) is 0 Å². The lowest BCUT2D eigenvalue weighted by atomic mass is 9.95. The first-order chi connectivity index (χ1) is 16.2. The molecule has 0 unspecified atom stereocenters. The highest BCUT2D eigenvalue weighted by Crippen LogP contribution is 2.45. The molecule has 174 valence electrons. The number of nitrogens with zero attached hydrogens (tertiary/aromatic N) is 7. The lowest BCUT2D eigenvalue weighted by Gasteiger charge is -2.22. The first kappa shape index (κ1) is 21.6. The van der Waals surface area contributed by atoms with Crippen molar-refractivity contribution in [3.05, 3.63) is 54.7 Å². The van der Waals surface area contributed by atoms with Gasteiger partial charge in [-0.25, -0.2) is 23.7 Å². The van der Waals surface area contributed by atoms with Crippen molar-refractivity contribution >= 4 is 17.5 Å². The summed E-state index contributed by atoms with van der Waals surface area (Å²) in [4.78, 5) is 26.1. The van der Waals surface area contributed by atoms with Gasteiger partial charge in [0.1, 0.15) is 5.69 Å². The van der Waals surface area contributed by atoms with Crippen LogP contribution < -0.4 is 5.32 Å². The van der Waals surface area contributed by atoms with Crippen molar-refractivity contribution in [2.45, 2.75) is 11.5 Å². The molecule has 5 heterocycles. The molecular formula is C21H18F2N8O3. The van der Waals surface area contributed by atoms with Gasteiger partial charge in [-0.05, 0) is 18.2 Å². The second kappa shape index (κ2) is 7.66. The van der Waals surface area contributed by atoms with E-state index in [-0.39, 0.29) is 11.4 Å². The maximum absolute atomic E-state index is 14.4. The van der Waals surface area contributed by atoms with E-state index in [0.717, 1.165) is 11.0 Å². The van der Waals surface area contributed by atoms with Gasteiger partial charge in [0.25, 0.3) is 11.5 Å². The highest BCUT2D eigenvalue weighted by molar-refractivity contribution is 5.89. The summed E-state index contributed by atoms with van der Waals surface area (Å²) >= 11 is 0. The molecule has 1 atom stereocenters. The summed E-state index contributed by atoms with van der Waals surface area (Å²) in [5.41, 5.74) is -1.13. The SMILES string of the molecule is CN1CC(F)(F)[C@@](O)(c2cc(-c3cccc(-c4ccnc(Nc5cnn(C)c5)n4)n3)no2)C1=O. The predicted octanol–water partition coefficient (Wildman–Crippen LogP) is 1.97. The minimum atomic E-state index is -3.75. The number of aryl methyl sites for hydroxylation is 1. The predicted molar refractivity (Wildman–Crippen MR) is 114 cm³/mol. The van der Waals surface area contributed by atoms with E-state index in [1.807, 2.05) is 0 Å². The van der Waals surface area contributed by atoms with E-state index < -0.39 is 29.7 Å². The Morgan fingerprint density at radius 2 is 1.85 bits per heavy atom. The van der Waals surface area contributed by atoms with Gasteiger partial charge < -0.3 is 19.8 Å². The van der Waals surface area contributed by atoms with Crippen LogP contribution in [-0.2, 0) is 17.4 Å². The first-order valence-corrected chi connectivity index (χ1v) is 10.1. The molecule has 0 bridgehead atoms. The van der Waals surface area contributed by atoms with Crippen LogP contribution in [0.4, 0.5) is 20.4 Å². The minimum absolute atomic E-state index is 0.0752. The average Bonchev–Trinajstić information content (AvgIpc) is 3.50. The molecule has 1 saturated heterocycles. The van der Waals surface area contributed by atoms with Gasteiger partial charge in [-0.15, -0.1) is 0 Å². The van der Waals surface area contributed by atoms with Gasteiger partial charge in [0.05, 0.1) is 35.5 Å². The second-order valence-corrected chi connectivity index (χ2v) is 7.85. The molecule has 0 saturated carbocycles. The van der Waals surface area contributed by atoms with Gasteiger partial charge in [0.15, 0.2) is 5.76 Å². The summed E-state index contributed by atoms with van der Waals surface area (Å²) in [6, 6.07) is 7.72. The number of likely N-dealkylation sites (N-methyl/N-ethyl adjacent to an activating group) is 1. The fourth-order valence-electron chi connectivity index (χ4n) is 3.67. The van der Waals surface area contributed by atoms with Crippen LogP contribution in [0.5, 0.6) is 0 Å². The van der Waals surface area contributed by atoms with E-state index >= 15 is 0 Å². The number of rotatable bonds is 5. The fourth-order valence-corrected chi connectivity index (χ4v) is 3.67. The van der Waals surface area contributed by atoms with Gasteiger partial charge in [-0.3, -0.25) is 9.48 Å². The fraction of sp³-hybridized carbons (Fsp3) is 0.238. The first-order valence-electron chi connectivity index (χ1n) is 10.1. The van der Waals surface area contributed by atoms with Crippen molar-refractivity contribution in [2.24, 2.45) is 7.05 Å². The summed E-state index contributed by atoms with van der Waals surface area (Å²) < 4.78 is 35.5. The van der Waals surface area contributed by atoms with Crippen molar-refractivity contribution in [1.29, 1.82) is 0 Å². The van der Waals surface area contributed by atoms with Gasteiger partial charge >= 0.3 is 5.92 Å². The standard InChI is InChI=1S/C21H18F2N8O3/c1-30-11-20(22,23)21(33,18(30)32)17-8-16(29-34-17)14-5-3-4-13(27-14)15-6-7-24-19(28-15)26-12-9-25-31(2)10-12/h3-10,33H,11H2,1-2H3,(H,24,26,28)/t21-/m1/s1. The Balaban J connectivity index is 1.44. The van der Waals surface area contributed by atoms with Crippen molar-refractivity contribution in [3.8, 4) is 22.8 Å². The molecule has 1 fully saturated rings. The van der Waals surface area contributed by atoms with Crippen LogP contribution >= 0.6 is 0 Å². The number of amides is 1. The Morgan fingerprint density at radius 1 is 1.12 bits per heavy atom. The third-order valence-corrected chi connectivity index (χ3v) is 5.38. The molecule has 1 aliphatic rings. The van der Waals surface area contributed by atoms with E-state index in [4.69, 9.17) is 4.52 Å². The number of carbonyl (C=O) groups excluding carboxylic acids is 1. The molecule has 0 radical (unpaired) electrons. The zero-order valence-corrected chi connectivity index (χ0v) is 18.0.